The number of nitrogens with zero attached hydrogens (tertiary/aromatic N) is 1. The highest BCUT2D eigenvalue weighted by Crippen LogP contribution is 2.26. The lowest BCUT2D eigenvalue weighted by Gasteiger charge is -2.32. The highest BCUT2D eigenvalue weighted by atomic mass is 16.3. The molecule has 2 heterocycles. The van der Waals surface area contributed by atoms with Gasteiger partial charge in [0.15, 0.2) is 0 Å². The van der Waals surface area contributed by atoms with Crippen LogP contribution in [0.1, 0.15) is 11.3 Å². The molecular formula is C16H16N2O2. The van der Waals surface area contributed by atoms with Crippen molar-refractivity contribution in [2.75, 3.05) is 11.4 Å². The van der Waals surface area contributed by atoms with E-state index in [1.807, 2.05) is 24.3 Å². The molecule has 3 rings (SSSR count). The first-order valence-electron chi connectivity index (χ1n) is 6.60. The third-order valence-corrected chi connectivity index (χ3v) is 3.38. The average molecular weight is 268 g/mol. The van der Waals surface area contributed by atoms with Crippen molar-refractivity contribution in [1.29, 1.82) is 0 Å². The number of fused-ring (bicyclic) bond motifs is 1. The summed E-state index contributed by atoms with van der Waals surface area (Å²) in [5.41, 5.74) is 8.10. The van der Waals surface area contributed by atoms with Gasteiger partial charge in [-0.3, -0.25) is 4.79 Å². The van der Waals surface area contributed by atoms with Crippen LogP contribution in [0.15, 0.2) is 53.2 Å². The highest BCUT2D eigenvalue weighted by molar-refractivity contribution is 6.04. The van der Waals surface area contributed by atoms with E-state index in [4.69, 9.17) is 10.2 Å². The van der Waals surface area contributed by atoms with E-state index in [0.29, 0.717) is 12.3 Å². The zero-order valence-electron chi connectivity index (χ0n) is 11.0. The van der Waals surface area contributed by atoms with Crippen molar-refractivity contribution < 1.29 is 9.21 Å². The third kappa shape index (κ3) is 2.51. The topological polar surface area (TPSA) is 59.5 Å². The second-order valence-corrected chi connectivity index (χ2v) is 4.89. The molecule has 4 heteroatoms. The van der Waals surface area contributed by atoms with Crippen LogP contribution in [0.5, 0.6) is 0 Å². The molecule has 1 aliphatic heterocycles. The van der Waals surface area contributed by atoms with E-state index in [1.165, 1.54) is 6.08 Å². The highest BCUT2D eigenvalue weighted by Gasteiger charge is 2.24. The van der Waals surface area contributed by atoms with Gasteiger partial charge in [0.05, 0.1) is 6.26 Å². The number of carbonyl (C=O) groups is 1. The summed E-state index contributed by atoms with van der Waals surface area (Å²) in [6.45, 7) is 0.540. The summed E-state index contributed by atoms with van der Waals surface area (Å²) >= 11 is 0. The number of nitrogens with two attached hydrogens (primary N) is 1. The van der Waals surface area contributed by atoms with E-state index in [1.54, 1.807) is 29.4 Å². The Bertz CT molecular complexity index is 632. The van der Waals surface area contributed by atoms with Gasteiger partial charge in [0.1, 0.15) is 5.76 Å². The number of anilines is 1. The van der Waals surface area contributed by atoms with Crippen LogP contribution in [0.2, 0.25) is 0 Å². The fraction of sp³-hybridized carbons (Fsp3) is 0.188. The predicted octanol–water partition coefficient (Wildman–Crippen LogP) is 2.21. The van der Waals surface area contributed by atoms with Crippen LogP contribution in [0, 0.1) is 0 Å². The lowest BCUT2D eigenvalue weighted by Crippen LogP contribution is -2.45. The molecule has 0 fully saturated rings. The van der Waals surface area contributed by atoms with Crippen LogP contribution in [0.25, 0.3) is 6.08 Å². The standard InChI is InChI=1S/C16H16N2O2/c17-13-10-12-4-1-2-6-15(12)18(11-13)16(19)8-7-14-5-3-9-20-14/h1-9,13H,10-11,17H2. The van der Waals surface area contributed by atoms with Crippen molar-refractivity contribution in [2.24, 2.45) is 5.73 Å². The Hall–Kier alpha value is -2.33. The Kier molecular flexibility index (Phi) is 3.39. The molecule has 1 aromatic heterocycles. The van der Waals surface area contributed by atoms with E-state index in [-0.39, 0.29) is 11.9 Å². The molecule has 4 nitrogen and oxygen atoms in total. The number of carbonyl (C=O) groups excluding carboxylic acids is 1. The minimum Gasteiger partial charge on any atom is -0.465 e. The second-order valence-electron chi connectivity index (χ2n) is 4.89. The van der Waals surface area contributed by atoms with Gasteiger partial charge in [-0.15, -0.1) is 0 Å². The molecule has 20 heavy (non-hydrogen) atoms. The predicted molar refractivity (Wildman–Crippen MR) is 78.2 cm³/mol. The smallest absolute Gasteiger partial charge is 0.251 e. The molecule has 0 spiro atoms. The SMILES string of the molecule is NC1Cc2ccccc2N(C(=O)C=Cc2ccco2)C1. The number of amides is 1. The van der Waals surface area contributed by atoms with E-state index < -0.39 is 0 Å². The monoisotopic (exact) mass is 268 g/mol. The molecule has 1 amide bonds. The number of benzene rings is 1. The van der Waals surface area contributed by atoms with Gasteiger partial charge >= 0.3 is 0 Å². The summed E-state index contributed by atoms with van der Waals surface area (Å²) < 4.78 is 5.18. The largest absolute Gasteiger partial charge is 0.465 e. The molecule has 0 saturated heterocycles. The second kappa shape index (κ2) is 5.35. The minimum atomic E-state index is -0.0796. The number of hydrogen-bond donors (Lipinski definition) is 1. The quantitative estimate of drug-likeness (QED) is 0.849. The van der Waals surface area contributed by atoms with Gasteiger partial charge in [0.2, 0.25) is 0 Å². The maximum atomic E-state index is 12.3. The Morgan fingerprint density at radius 3 is 2.95 bits per heavy atom. The van der Waals surface area contributed by atoms with Crippen molar-refractivity contribution in [3.8, 4) is 0 Å². The molecular weight excluding hydrogens is 252 g/mol. The van der Waals surface area contributed by atoms with Crippen molar-refractivity contribution in [2.45, 2.75) is 12.5 Å². The van der Waals surface area contributed by atoms with E-state index in [9.17, 15) is 4.79 Å². The molecule has 0 radical (unpaired) electrons. The van der Waals surface area contributed by atoms with Gasteiger partial charge in [-0.25, -0.2) is 0 Å². The molecule has 102 valence electrons. The van der Waals surface area contributed by atoms with Crippen LogP contribution >= 0.6 is 0 Å². The van der Waals surface area contributed by atoms with Gasteiger partial charge in [-0.05, 0) is 36.3 Å². The lowest BCUT2D eigenvalue weighted by molar-refractivity contribution is -0.114. The first kappa shape index (κ1) is 12.7. The first-order chi connectivity index (χ1) is 9.74. The summed E-state index contributed by atoms with van der Waals surface area (Å²) in [6, 6.07) is 11.5. The van der Waals surface area contributed by atoms with Crippen molar-refractivity contribution >= 4 is 17.7 Å². The van der Waals surface area contributed by atoms with E-state index >= 15 is 0 Å². The van der Waals surface area contributed by atoms with Gasteiger partial charge in [0.25, 0.3) is 5.91 Å². The molecule has 1 unspecified atom stereocenters. The summed E-state index contributed by atoms with van der Waals surface area (Å²) in [4.78, 5) is 14.1. The van der Waals surface area contributed by atoms with Crippen LogP contribution in [-0.4, -0.2) is 18.5 Å². The summed E-state index contributed by atoms with van der Waals surface area (Å²) in [5.74, 6) is 0.581. The third-order valence-electron chi connectivity index (χ3n) is 3.38. The zero-order valence-corrected chi connectivity index (χ0v) is 11.0. The fourth-order valence-electron chi connectivity index (χ4n) is 2.46. The molecule has 0 saturated carbocycles. The normalized spacial score (nSPS) is 18.2. The number of hydrogen-bond acceptors (Lipinski definition) is 3. The van der Waals surface area contributed by atoms with Crippen LogP contribution in [0.4, 0.5) is 5.69 Å². The van der Waals surface area contributed by atoms with Crippen molar-refractivity contribution in [3.05, 3.63) is 60.1 Å². The van der Waals surface area contributed by atoms with Crippen molar-refractivity contribution in [1.82, 2.24) is 0 Å². The van der Waals surface area contributed by atoms with Gasteiger partial charge in [0, 0.05) is 24.4 Å². The van der Waals surface area contributed by atoms with Gasteiger partial charge < -0.3 is 15.1 Å². The fourth-order valence-corrected chi connectivity index (χ4v) is 2.46. The number of para-hydroxylation sites is 1. The van der Waals surface area contributed by atoms with Crippen molar-refractivity contribution in [3.63, 3.8) is 0 Å². The molecule has 1 aliphatic rings. The van der Waals surface area contributed by atoms with Crippen LogP contribution < -0.4 is 10.6 Å². The Labute approximate surface area is 117 Å². The van der Waals surface area contributed by atoms with Crippen LogP contribution in [0.3, 0.4) is 0 Å². The molecule has 1 atom stereocenters. The van der Waals surface area contributed by atoms with Crippen LogP contribution in [-0.2, 0) is 11.2 Å². The molecule has 1 aromatic carbocycles. The molecule has 2 N–H and O–H groups in total. The maximum absolute atomic E-state index is 12.3. The van der Waals surface area contributed by atoms with E-state index in [2.05, 4.69) is 0 Å². The van der Waals surface area contributed by atoms with E-state index in [0.717, 1.165) is 17.7 Å². The summed E-state index contributed by atoms with van der Waals surface area (Å²) in [7, 11) is 0. The lowest BCUT2D eigenvalue weighted by atomic mass is 9.98. The Balaban J connectivity index is 1.84. The van der Waals surface area contributed by atoms with Gasteiger partial charge in [-0.2, -0.15) is 0 Å². The summed E-state index contributed by atoms with van der Waals surface area (Å²) in [6.07, 6.45) is 5.58. The molecule has 2 aromatic rings. The maximum Gasteiger partial charge on any atom is 0.251 e. The average Bonchev–Trinajstić information content (AvgIpc) is 2.97. The molecule has 0 aliphatic carbocycles. The first-order valence-corrected chi connectivity index (χ1v) is 6.60. The Morgan fingerprint density at radius 2 is 2.15 bits per heavy atom. The summed E-state index contributed by atoms with van der Waals surface area (Å²) in [5, 5.41) is 0. The zero-order chi connectivity index (χ0) is 13.9. The molecule has 0 bridgehead atoms. The number of furan rings is 1. The minimum absolute atomic E-state index is 0.0223. The Morgan fingerprint density at radius 1 is 1.30 bits per heavy atom. The van der Waals surface area contributed by atoms with Gasteiger partial charge in [-0.1, -0.05) is 18.2 Å². The number of rotatable bonds is 2.